The molecule has 0 amide bonds. The molecule has 4 aromatic rings. The summed E-state index contributed by atoms with van der Waals surface area (Å²) in [7, 11) is 0. The molecule has 0 saturated carbocycles. The summed E-state index contributed by atoms with van der Waals surface area (Å²) >= 11 is 1.41. The number of hydrogen-bond donors (Lipinski definition) is 1. The van der Waals surface area contributed by atoms with Crippen LogP contribution in [0.2, 0.25) is 0 Å². The van der Waals surface area contributed by atoms with Gasteiger partial charge in [0.25, 0.3) is 22.5 Å². The van der Waals surface area contributed by atoms with E-state index < -0.39 is 0 Å². The minimum atomic E-state index is -0.337. The molecule has 0 aliphatic rings. The molecule has 0 aliphatic heterocycles. The smallest absolute Gasteiger partial charge is 0.286 e. The molecule has 0 radical (unpaired) electrons. The Labute approximate surface area is 133 Å². The summed E-state index contributed by atoms with van der Waals surface area (Å²) in [5, 5.41) is 11.0. The van der Waals surface area contributed by atoms with E-state index in [0.717, 1.165) is 5.56 Å². The van der Waals surface area contributed by atoms with Crippen molar-refractivity contribution in [3.05, 3.63) is 58.8 Å². The fourth-order valence-corrected chi connectivity index (χ4v) is 2.76. The highest BCUT2D eigenvalue weighted by atomic mass is 32.2. The van der Waals surface area contributed by atoms with Gasteiger partial charge in [0, 0.05) is 11.9 Å². The number of nitrogens with zero attached hydrogens (tertiary/aromatic N) is 5. The van der Waals surface area contributed by atoms with E-state index in [1.165, 1.54) is 28.8 Å². The van der Waals surface area contributed by atoms with Crippen LogP contribution in [0.5, 0.6) is 0 Å². The van der Waals surface area contributed by atoms with Crippen molar-refractivity contribution in [3.8, 4) is 11.5 Å². The Morgan fingerprint density at radius 2 is 2.04 bits per heavy atom. The molecular formula is C14H10N6O2S. The fraction of sp³-hybridized carbons (Fsp3) is 0.0714. The molecule has 9 heteroatoms. The van der Waals surface area contributed by atoms with Crippen LogP contribution in [-0.2, 0) is 5.75 Å². The number of rotatable bonds is 4. The van der Waals surface area contributed by atoms with E-state index in [1.807, 2.05) is 30.3 Å². The maximum Gasteiger partial charge on any atom is 0.286 e. The van der Waals surface area contributed by atoms with Gasteiger partial charge in [0.15, 0.2) is 0 Å². The number of H-pyrrole nitrogens is 1. The molecule has 0 saturated heterocycles. The molecular weight excluding hydrogens is 316 g/mol. The molecule has 0 aliphatic carbocycles. The predicted molar refractivity (Wildman–Crippen MR) is 82.9 cm³/mol. The number of benzene rings is 1. The highest BCUT2D eigenvalue weighted by molar-refractivity contribution is 7.98. The second-order valence-electron chi connectivity index (χ2n) is 4.65. The van der Waals surface area contributed by atoms with E-state index in [0.29, 0.717) is 11.0 Å². The number of aromatic nitrogens is 6. The Morgan fingerprint density at radius 1 is 1.17 bits per heavy atom. The monoisotopic (exact) mass is 326 g/mol. The van der Waals surface area contributed by atoms with Crippen molar-refractivity contribution < 1.29 is 4.42 Å². The second kappa shape index (κ2) is 5.69. The highest BCUT2D eigenvalue weighted by Crippen LogP contribution is 2.24. The van der Waals surface area contributed by atoms with Crippen LogP contribution in [0.15, 0.2) is 57.3 Å². The van der Waals surface area contributed by atoms with Crippen molar-refractivity contribution in [3.63, 3.8) is 0 Å². The van der Waals surface area contributed by atoms with Gasteiger partial charge >= 0.3 is 0 Å². The largest absolute Gasteiger partial charge is 0.411 e. The maximum atomic E-state index is 12.3. The summed E-state index contributed by atoms with van der Waals surface area (Å²) in [6, 6.07) is 9.95. The highest BCUT2D eigenvalue weighted by Gasteiger charge is 2.15. The normalized spacial score (nSPS) is 11.1. The maximum absolute atomic E-state index is 12.3. The zero-order valence-electron chi connectivity index (χ0n) is 11.7. The molecule has 3 heterocycles. The van der Waals surface area contributed by atoms with E-state index in [1.54, 1.807) is 0 Å². The molecule has 8 nitrogen and oxygen atoms in total. The molecule has 0 unspecified atom stereocenters. The molecule has 0 bridgehead atoms. The summed E-state index contributed by atoms with van der Waals surface area (Å²) in [5.41, 5.74) is 1.04. The predicted octanol–water partition coefficient (Wildman–Crippen LogP) is 1.76. The number of aromatic amines is 1. The average Bonchev–Trinajstić information content (AvgIpc) is 3.24. The summed E-state index contributed by atoms with van der Waals surface area (Å²) in [5.74, 6) is 1.14. The van der Waals surface area contributed by atoms with Crippen molar-refractivity contribution >= 4 is 17.5 Å². The molecule has 114 valence electrons. The van der Waals surface area contributed by atoms with Gasteiger partial charge in [-0.25, -0.2) is 9.97 Å². The van der Waals surface area contributed by atoms with Crippen molar-refractivity contribution in [2.24, 2.45) is 0 Å². The average molecular weight is 326 g/mol. The van der Waals surface area contributed by atoms with Crippen LogP contribution in [0, 0.1) is 0 Å². The van der Waals surface area contributed by atoms with Gasteiger partial charge in [0.05, 0.1) is 0 Å². The van der Waals surface area contributed by atoms with Gasteiger partial charge in [-0.3, -0.25) is 9.89 Å². The SMILES string of the molecule is O=c1c(-c2nnc(SCc3ccccc3)o2)cnc2nc[nH]n12. The Morgan fingerprint density at radius 3 is 2.91 bits per heavy atom. The van der Waals surface area contributed by atoms with E-state index >= 15 is 0 Å². The van der Waals surface area contributed by atoms with E-state index in [2.05, 4.69) is 25.3 Å². The summed E-state index contributed by atoms with van der Waals surface area (Å²) in [6.07, 6.45) is 2.78. The van der Waals surface area contributed by atoms with Crippen LogP contribution in [0.4, 0.5) is 0 Å². The summed E-state index contributed by atoms with van der Waals surface area (Å²) in [4.78, 5) is 20.3. The lowest BCUT2D eigenvalue weighted by molar-refractivity contribution is 0.465. The third-order valence-corrected chi connectivity index (χ3v) is 4.04. The Balaban J connectivity index is 1.59. The van der Waals surface area contributed by atoms with Gasteiger partial charge in [-0.05, 0) is 5.56 Å². The van der Waals surface area contributed by atoms with Gasteiger partial charge in [0.1, 0.15) is 11.9 Å². The second-order valence-corrected chi connectivity index (χ2v) is 5.57. The number of fused-ring (bicyclic) bond motifs is 1. The number of thioether (sulfide) groups is 1. The Hall–Kier alpha value is -2.94. The summed E-state index contributed by atoms with van der Waals surface area (Å²) < 4.78 is 6.77. The Bertz CT molecular complexity index is 1010. The first kappa shape index (κ1) is 13.7. The van der Waals surface area contributed by atoms with Gasteiger partial charge in [-0.2, -0.15) is 4.52 Å². The van der Waals surface area contributed by atoms with Crippen LogP contribution < -0.4 is 5.56 Å². The van der Waals surface area contributed by atoms with E-state index in [4.69, 9.17) is 4.42 Å². The van der Waals surface area contributed by atoms with E-state index in [9.17, 15) is 4.79 Å². The van der Waals surface area contributed by atoms with Crippen LogP contribution in [0.3, 0.4) is 0 Å². The number of nitrogens with one attached hydrogen (secondary N) is 1. The summed E-state index contributed by atoms with van der Waals surface area (Å²) in [6.45, 7) is 0. The van der Waals surface area contributed by atoms with Crippen molar-refractivity contribution in [2.75, 3.05) is 0 Å². The third kappa shape index (κ3) is 2.61. The molecule has 0 fully saturated rings. The standard InChI is InChI=1S/C14H10N6O2S/c21-12-10(6-15-13-16-8-17-20(12)13)11-18-19-14(22-11)23-7-9-4-2-1-3-5-9/h1-6,8H,7H2,(H,15,16,17). The molecule has 3 aromatic heterocycles. The molecule has 23 heavy (non-hydrogen) atoms. The lowest BCUT2D eigenvalue weighted by Gasteiger charge is -1.97. The molecule has 0 atom stereocenters. The number of hydrogen-bond acceptors (Lipinski definition) is 7. The minimum absolute atomic E-state index is 0.141. The lowest BCUT2D eigenvalue weighted by Crippen LogP contribution is -2.17. The van der Waals surface area contributed by atoms with Gasteiger partial charge < -0.3 is 4.42 Å². The minimum Gasteiger partial charge on any atom is -0.411 e. The van der Waals surface area contributed by atoms with Crippen molar-refractivity contribution in [1.82, 2.24) is 29.8 Å². The van der Waals surface area contributed by atoms with Gasteiger partial charge in [-0.1, -0.05) is 42.1 Å². The van der Waals surface area contributed by atoms with Gasteiger partial charge in [0.2, 0.25) is 0 Å². The van der Waals surface area contributed by atoms with Crippen LogP contribution in [0.1, 0.15) is 5.56 Å². The van der Waals surface area contributed by atoms with Crippen molar-refractivity contribution in [2.45, 2.75) is 11.0 Å². The van der Waals surface area contributed by atoms with Gasteiger partial charge in [-0.15, -0.1) is 10.2 Å². The first-order valence-electron chi connectivity index (χ1n) is 6.73. The quantitative estimate of drug-likeness (QED) is 0.570. The Kier molecular flexibility index (Phi) is 3.39. The molecule has 1 N–H and O–H groups in total. The fourth-order valence-electron chi connectivity index (χ4n) is 2.04. The third-order valence-electron chi connectivity index (χ3n) is 3.15. The first-order valence-corrected chi connectivity index (χ1v) is 7.71. The molecule has 1 aromatic carbocycles. The zero-order chi connectivity index (χ0) is 15.6. The molecule has 0 spiro atoms. The first-order chi connectivity index (χ1) is 11.3. The molecule has 4 rings (SSSR count). The van der Waals surface area contributed by atoms with Crippen LogP contribution in [0.25, 0.3) is 17.2 Å². The van der Waals surface area contributed by atoms with Crippen molar-refractivity contribution in [1.29, 1.82) is 0 Å². The van der Waals surface area contributed by atoms with Crippen LogP contribution in [-0.4, -0.2) is 29.8 Å². The topological polar surface area (TPSA) is 102 Å². The lowest BCUT2D eigenvalue weighted by atomic mass is 10.2. The van der Waals surface area contributed by atoms with E-state index in [-0.39, 0.29) is 22.8 Å². The van der Waals surface area contributed by atoms with Crippen LogP contribution >= 0.6 is 11.8 Å². The zero-order valence-corrected chi connectivity index (χ0v) is 12.5.